The molecule has 0 bridgehead atoms. The smallest absolute Gasteiger partial charge is 0.161 e. The van der Waals surface area contributed by atoms with Crippen LogP contribution in [0.5, 0.6) is 11.5 Å². The molecule has 1 heterocycles. The second-order valence-electron chi connectivity index (χ2n) is 5.05. The predicted octanol–water partition coefficient (Wildman–Crippen LogP) is 1.60. The third-order valence-corrected chi connectivity index (χ3v) is 3.40. The van der Waals surface area contributed by atoms with Crippen LogP contribution in [0.2, 0.25) is 0 Å². The van der Waals surface area contributed by atoms with Crippen molar-refractivity contribution in [3.05, 3.63) is 23.8 Å². The maximum atomic E-state index is 6.18. The minimum absolute atomic E-state index is 0.0164. The molecule has 1 aromatic rings. The Hall–Kier alpha value is -1.26. The lowest BCUT2D eigenvalue weighted by Crippen LogP contribution is -2.28. The molecule has 0 amide bonds. The fraction of sp³-hybridized carbons (Fsp3) is 0.571. The number of fused-ring (bicyclic) bond motifs is 1. The predicted molar refractivity (Wildman–Crippen MR) is 70.0 cm³/mol. The summed E-state index contributed by atoms with van der Waals surface area (Å²) < 4.78 is 11.3. The normalized spacial score (nSPS) is 20.3. The number of hydrogen-bond acceptors (Lipinski definition) is 4. The Balaban J connectivity index is 1.69. The Labute approximate surface area is 107 Å². The van der Waals surface area contributed by atoms with Crippen molar-refractivity contribution in [2.24, 2.45) is 5.73 Å². The van der Waals surface area contributed by atoms with Crippen LogP contribution in [0.25, 0.3) is 0 Å². The zero-order valence-corrected chi connectivity index (χ0v) is 10.5. The number of nitrogens with two attached hydrogens (primary N) is 1. The molecule has 3 rings (SSSR count). The van der Waals surface area contributed by atoms with E-state index in [0.717, 1.165) is 36.6 Å². The van der Waals surface area contributed by atoms with Gasteiger partial charge in [-0.3, -0.25) is 0 Å². The van der Waals surface area contributed by atoms with Gasteiger partial charge in [-0.15, -0.1) is 0 Å². The summed E-state index contributed by atoms with van der Waals surface area (Å²) >= 11 is 0. The lowest BCUT2D eigenvalue weighted by molar-refractivity contribution is 0.297. The first-order chi connectivity index (χ1) is 8.83. The Bertz CT molecular complexity index is 418. The van der Waals surface area contributed by atoms with Gasteiger partial charge in [-0.1, -0.05) is 6.07 Å². The van der Waals surface area contributed by atoms with Crippen molar-refractivity contribution in [3.63, 3.8) is 0 Å². The average molecular weight is 248 g/mol. The van der Waals surface area contributed by atoms with Crippen molar-refractivity contribution in [2.75, 3.05) is 19.8 Å². The van der Waals surface area contributed by atoms with Gasteiger partial charge in [0.1, 0.15) is 0 Å². The molecule has 1 atom stereocenters. The lowest BCUT2D eigenvalue weighted by atomic mass is 10.1. The van der Waals surface area contributed by atoms with E-state index in [1.165, 1.54) is 12.8 Å². The molecule has 0 spiro atoms. The molecule has 0 aromatic heterocycles. The van der Waals surface area contributed by atoms with Crippen LogP contribution in [0, 0.1) is 0 Å². The standard InChI is InChI=1S/C14H20N2O2/c15-12(9-16-11-3-4-11)10-2-5-13-14(8-10)18-7-1-6-17-13/h2,5,8,11-12,16H,1,3-4,6-7,9,15H2. The quantitative estimate of drug-likeness (QED) is 0.849. The fourth-order valence-corrected chi connectivity index (χ4v) is 2.11. The summed E-state index contributed by atoms with van der Waals surface area (Å²) in [5.74, 6) is 1.66. The first kappa shape index (κ1) is 11.8. The molecule has 4 nitrogen and oxygen atoms in total. The van der Waals surface area contributed by atoms with Crippen LogP contribution < -0.4 is 20.5 Å². The number of ether oxygens (including phenoxy) is 2. The van der Waals surface area contributed by atoms with Gasteiger partial charge in [-0.05, 0) is 30.5 Å². The molecule has 4 heteroatoms. The summed E-state index contributed by atoms with van der Waals surface area (Å²) in [4.78, 5) is 0. The van der Waals surface area contributed by atoms with Crippen molar-refractivity contribution in [1.29, 1.82) is 0 Å². The number of benzene rings is 1. The molecule has 3 N–H and O–H groups in total. The monoisotopic (exact) mass is 248 g/mol. The Morgan fingerprint density at radius 3 is 2.78 bits per heavy atom. The van der Waals surface area contributed by atoms with Gasteiger partial charge in [0, 0.05) is 25.0 Å². The zero-order valence-electron chi connectivity index (χ0n) is 10.5. The van der Waals surface area contributed by atoms with E-state index in [4.69, 9.17) is 15.2 Å². The van der Waals surface area contributed by atoms with Gasteiger partial charge in [-0.25, -0.2) is 0 Å². The van der Waals surface area contributed by atoms with Crippen LogP contribution in [0.4, 0.5) is 0 Å². The van der Waals surface area contributed by atoms with E-state index in [0.29, 0.717) is 12.6 Å². The van der Waals surface area contributed by atoms with Crippen molar-refractivity contribution in [2.45, 2.75) is 31.3 Å². The second kappa shape index (κ2) is 5.16. The highest BCUT2D eigenvalue weighted by Crippen LogP contribution is 2.32. The summed E-state index contributed by atoms with van der Waals surface area (Å²) in [6.07, 6.45) is 3.50. The molecule has 0 saturated heterocycles. The second-order valence-corrected chi connectivity index (χ2v) is 5.05. The maximum Gasteiger partial charge on any atom is 0.161 e. The van der Waals surface area contributed by atoms with Gasteiger partial charge < -0.3 is 20.5 Å². The largest absolute Gasteiger partial charge is 0.490 e. The molecule has 1 aliphatic carbocycles. The average Bonchev–Trinajstić information content (AvgIpc) is 3.21. The molecule has 0 radical (unpaired) electrons. The highest BCUT2D eigenvalue weighted by Gasteiger charge is 2.21. The first-order valence-electron chi connectivity index (χ1n) is 6.71. The van der Waals surface area contributed by atoms with Crippen LogP contribution in [-0.2, 0) is 0 Å². The molecule has 1 saturated carbocycles. The van der Waals surface area contributed by atoms with Crippen LogP contribution in [0.3, 0.4) is 0 Å². The van der Waals surface area contributed by atoms with E-state index in [2.05, 4.69) is 5.32 Å². The topological polar surface area (TPSA) is 56.5 Å². The van der Waals surface area contributed by atoms with E-state index in [-0.39, 0.29) is 6.04 Å². The van der Waals surface area contributed by atoms with E-state index in [9.17, 15) is 0 Å². The van der Waals surface area contributed by atoms with Crippen LogP contribution in [0.15, 0.2) is 18.2 Å². The fourth-order valence-electron chi connectivity index (χ4n) is 2.11. The number of rotatable bonds is 4. The summed E-state index contributed by atoms with van der Waals surface area (Å²) in [5, 5.41) is 3.45. The molecule has 2 aliphatic rings. The van der Waals surface area contributed by atoms with Crippen LogP contribution in [-0.4, -0.2) is 25.8 Å². The van der Waals surface area contributed by atoms with Gasteiger partial charge in [0.25, 0.3) is 0 Å². The van der Waals surface area contributed by atoms with E-state index >= 15 is 0 Å². The molecular formula is C14H20N2O2. The van der Waals surface area contributed by atoms with E-state index < -0.39 is 0 Å². The van der Waals surface area contributed by atoms with Crippen molar-refractivity contribution in [1.82, 2.24) is 5.32 Å². The van der Waals surface area contributed by atoms with Crippen molar-refractivity contribution < 1.29 is 9.47 Å². The minimum atomic E-state index is 0.0164. The highest BCUT2D eigenvalue weighted by atomic mass is 16.5. The Morgan fingerprint density at radius 2 is 2.00 bits per heavy atom. The summed E-state index contributed by atoms with van der Waals surface area (Å²) in [6.45, 7) is 2.26. The van der Waals surface area contributed by atoms with Gasteiger partial charge in [0.15, 0.2) is 11.5 Å². The molecule has 18 heavy (non-hydrogen) atoms. The number of nitrogens with one attached hydrogen (secondary N) is 1. The van der Waals surface area contributed by atoms with Gasteiger partial charge in [-0.2, -0.15) is 0 Å². The van der Waals surface area contributed by atoms with E-state index in [1.807, 2.05) is 18.2 Å². The minimum Gasteiger partial charge on any atom is -0.490 e. The number of hydrogen-bond donors (Lipinski definition) is 2. The molecule has 1 fully saturated rings. The van der Waals surface area contributed by atoms with Gasteiger partial charge in [0.2, 0.25) is 0 Å². The van der Waals surface area contributed by atoms with Crippen molar-refractivity contribution in [3.8, 4) is 11.5 Å². The molecule has 98 valence electrons. The molecule has 1 aliphatic heterocycles. The van der Waals surface area contributed by atoms with Gasteiger partial charge >= 0.3 is 0 Å². The third-order valence-electron chi connectivity index (χ3n) is 3.40. The lowest BCUT2D eigenvalue weighted by Gasteiger charge is -2.15. The summed E-state index contributed by atoms with van der Waals surface area (Å²) in [7, 11) is 0. The molecule has 1 aromatic carbocycles. The van der Waals surface area contributed by atoms with Crippen LogP contribution >= 0.6 is 0 Å². The maximum absolute atomic E-state index is 6.18. The van der Waals surface area contributed by atoms with E-state index in [1.54, 1.807) is 0 Å². The first-order valence-corrected chi connectivity index (χ1v) is 6.71. The third kappa shape index (κ3) is 2.76. The molecular weight excluding hydrogens is 228 g/mol. The summed E-state index contributed by atoms with van der Waals surface area (Å²) in [6, 6.07) is 6.72. The van der Waals surface area contributed by atoms with Crippen molar-refractivity contribution >= 4 is 0 Å². The summed E-state index contributed by atoms with van der Waals surface area (Å²) in [5.41, 5.74) is 7.29. The highest BCUT2D eigenvalue weighted by molar-refractivity contribution is 5.44. The molecule has 1 unspecified atom stereocenters. The Morgan fingerprint density at radius 1 is 1.22 bits per heavy atom. The van der Waals surface area contributed by atoms with Crippen LogP contribution in [0.1, 0.15) is 30.9 Å². The Kier molecular flexibility index (Phi) is 3.39. The zero-order chi connectivity index (χ0) is 12.4. The SMILES string of the molecule is NC(CNC1CC1)c1ccc2c(c1)OCCCO2. The van der Waals surface area contributed by atoms with Gasteiger partial charge in [0.05, 0.1) is 13.2 Å².